The molecule has 53 heavy (non-hydrogen) atoms. The van der Waals surface area contributed by atoms with E-state index in [-0.39, 0.29) is 25.7 Å². The molecule has 0 radical (unpaired) electrons. The summed E-state index contributed by atoms with van der Waals surface area (Å²) >= 11 is 0. The third-order valence-electron chi connectivity index (χ3n) is 10.0. The number of hydrogen-bond donors (Lipinski definition) is 4. The van der Waals surface area contributed by atoms with Crippen LogP contribution in [-0.4, -0.2) is 47.8 Å². The zero-order chi connectivity index (χ0) is 38.9. The van der Waals surface area contributed by atoms with Crippen LogP contribution < -0.4 is 11.1 Å². The van der Waals surface area contributed by atoms with Gasteiger partial charge in [-0.3, -0.25) is 13.8 Å². The van der Waals surface area contributed by atoms with Crippen molar-refractivity contribution in [3.63, 3.8) is 0 Å². The Labute approximate surface area is 327 Å². The van der Waals surface area contributed by atoms with Crippen molar-refractivity contribution >= 4 is 13.7 Å². The predicted molar refractivity (Wildman–Crippen MR) is 226 cm³/mol. The fourth-order valence-electron chi connectivity index (χ4n) is 6.65. The van der Waals surface area contributed by atoms with Gasteiger partial charge in [0.15, 0.2) is 0 Å². The zero-order valence-corrected chi connectivity index (χ0v) is 35.7. The Morgan fingerprint density at radius 1 is 0.623 bits per heavy atom. The second-order valence-corrected chi connectivity index (χ2v) is 16.7. The van der Waals surface area contributed by atoms with Gasteiger partial charge in [0.2, 0.25) is 5.91 Å². The standard InChI is InChI=1S/C44H87N2O6P/c1-3-5-7-9-11-13-15-17-18-19-20-21-22-23-24-26-27-29-31-33-35-37-43(47)42(41-52-53(49,50)51-40-39-45)46-44(48)38-36-34-32-30-28-25-16-14-12-10-8-6-4-2/h8,10,14,16,42-43,47H,3-7,9,11-13,15,17-41,45H2,1-2H3,(H,46,48)(H,49,50)/b10-8-,16-14-. The van der Waals surface area contributed by atoms with Crippen molar-refractivity contribution in [1.29, 1.82) is 0 Å². The molecule has 0 fully saturated rings. The van der Waals surface area contributed by atoms with E-state index in [9.17, 15) is 19.4 Å². The van der Waals surface area contributed by atoms with E-state index in [4.69, 9.17) is 14.8 Å². The van der Waals surface area contributed by atoms with Crippen molar-refractivity contribution in [2.75, 3.05) is 19.8 Å². The number of carbonyl (C=O) groups is 1. The summed E-state index contributed by atoms with van der Waals surface area (Å²) in [7, 11) is -4.32. The van der Waals surface area contributed by atoms with Crippen molar-refractivity contribution in [3.05, 3.63) is 24.3 Å². The molecule has 5 N–H and O–H groups in total. The Morgan fingerprint density at radius 2 is 1.08 bits per heavy atom. The lowest BCUT2D eigenvalue weighted by Crippen LogP contribution is -2.46. The molecule has 0 spiro atoms. The highest BCUT2D eigenvalue weighted by Gasteiger charge is 2.27. The number of nitrogens with one attached hydrogen (secondary N) is 1. The van der Waals surface area contributed by atoms with Crippen molar-refractivity contribution in [2.24, 2.45) is 5.73 Å². The molecule has 0 saturated carbocycles. The van der Waals surface area contributed by atoms with Crippen LogP contribution in [0.25, 0.3) is 0 Å². The van der Waals surface area contributed by atoms with Crippen LogP contribution in [0.5, 0.6) is 0 Å². The summed E-state index contributed by atoms with van der Waals surface area (Å²) in [5, 5.41) is 13.8. The molecule has 0 aromatic carbocycles. The second kappa shape index (κ2) is 40.6. The third-order valence-corrected chi connectivity index (χ3v) is 11.0. The van der Waals surface area contributed by atoms with Gasteiger partial charge in [-0.2, -0.15) is 0 Å². The molecule has 8 nitrogen and oxygen atoms in total. The van der Waals surface area contributed by atoms with Crippen LogP contribution in [0.15, 0.2) is 24.3 Å². The highest BCUT2D eigenvalue weighted by atomic mass is 31.2. The van der Waals surface area contributed by atoms with E-state index in [1.807, 2.05) is 0 Å². The second-order valence-electron chi connectivity index (χ2n) is 15.3. The molecular formula is C44H87N2O6P. The van der Waals surface area contributed by atoms with Crippen LogP contribution >= 0.6 is 7.82 Å². The Morgan fingerprint density at radius 3 is 1.57 bits per heavy atom. The van der Waals surface area contributed by atoms with Gasteiger partial charge in [-0.25, -0.2) is 4.57 Å². The van der Waals surface area contributed by atoms with Gasteiger partial charge in [0.1, 0.15) is 0 Å². The van der Waals surface area contributed by atoms with Crippen LogP contribution in [0.4, 0.5) is 0 Å². The van der Waals surface area contributed by atoms with E-state index in [2.05, 4.69) is 43.5 Å². The summed E-state index contributed by atoms with van der Waals surface area (Å²) in [6.45, 7) is 4.15. The topological polar surface area (TPSA) is 131 Å². The average molecular weight is 771 g/mol. The summed E-state index contributed by atoms with van der Waals surface area (Å²) in [6, 6.07) is -0.779. The highest BCUT2D eigenvalue weighted by Crippen LogP contribution is 2.43. The Kier molecular flexibility index (Phi) is 39.9. The fraction of sp³-hybridized carbons (Fsp3) is 0.886. The van der Waals surface area contributed by atoms with E-state index in [1.165, 1.54) is 122 Å². The molecule has 314 valence electrons. The van der Waals surface area contributed by atoms with Crippen molar-refractivity contribution in [1.82, 2.24) is 5.32 Å². The van der Waals surface area contributed by atoms with E-state index in [0.717, 1.165) is 70.6 Å². The summed E-state index contributed by atoms with van der Waals surface area (Å²) in [5.41, 5.74) is 5.38. The summed E-state index contributed by atoms with van der Waals surface area (Å²) < 4.78 is 22.2. The molecule has 9 heteroatoms. The monoisotopic (exact) mass is 771 g/mol. The Bertz CT molecular complexity index is 886. The lowest BCUT2D eigenvalue weighted by molar-refractivity contribution is -0.123. The van der Waals surface area contributed by atoms with Gasteiger partial charge in [0, 0.05) is 13.0 Å². The summed E-state index contributed by atoms with van der Waals surface area (Å²) in [5.74, 6) is -0.175. The van der Waals surface area contributed by atoms with Crippen LogP contribution in [0.3, 0.4) is 0 Å². The molecule has 3 atom stereocenters. The number of unbranched alkanes of at least 4 members (excludes halogenated alkanes) is 26. The van der Waals surface area contributed by atoms with Gasteiger partial charge >= 0.3 is 7.82 Å². The molecule has 3 unspecified atom stereocenters. The lowest BCUT2D eigenvalue weighted by atomic mass is 10.0. The van der Waals surface area contributed by atoms with Gasteiger partial charge in [0.25, 0.3) is 0 Å². The first kappa shape index (κ1) is 52.0. The van der Waals surface area contributed by atoms with Gasteiger partial charge in [-0.1, -0.05) is 199 Å². The first-order valence-electron chi connectivity index (χ1n) is 22.5. The smallest absolute Gasteiger partial charge is 0.391 e. The normalized spacial score (nSPS) is 14.3. The maximum atomic E-state index is 12.7. The number of allylic oxidation sites excluding steroid dienone is 4. The first-order chi connectivity index (χ1) is 25.9. The summed E-state index contributed by atoms with van der Waals surface area (Å²) in [4.78, 5) is 22.7. The fourth-order valence-corrected chi connectivity index (χ4v) is 7.41. The number of rotatable bonds is 42. The SMILES string of the molecule is CCC/C=C\C/C=C\CCCCCCCC(=O)NC(COP(=O)(O)OCCN)C(O)CCCCCCCCCCCCCCCCCCCCCCC. The summed E-state index contributed by atoms with van der Waals surface area (Å²) in [6.07, 6.45) is 46.2. The number of hydrogen-bond acceptors (Lipinski definition) is 6. The average Bonchev–Trinajstić information content (AvgIpc) is 3.14. The van der Waals surface area contributed by atoms with Gasteiger partial charge in [-0.05, 0) is 38.5 Å². The van der Waals surface area contributed by atoms with Gasteiger partial charge in [0.05, 0.1) is 25.4 Å². The lowest BCUT2D eigenvalue weighted by Gasteiger charge is -2.25. The van der Waals surface area contributed by atoms with E-state index in [1.54, 1.807) is 0 Å². The molecule has 0 aromatic rings. The maximum Gasteiger partial charge on any atom is 0.472 e. The number of aliphatic hydroxyl groups excluding tert-OH is 1. The molecular weight excluding hydrogens is 683 g/mol. The van der Waals surface area contributed by atoms with Crippen LogP contribution in [0.2, 0.25) is 0 Å². The Hall–Kier alpha value is -1.02. The third kappa shape index (κ3) is 39.0. The Balaban J connectivity index is 4.09. The van der Waals surface area contributed by atoms with Crippen LogP contribution in [0, 0.1) is 0 Å². The molecule has 0 aliphatic carbocycles. The van der Waals surface area contributed by atoms with Gasteiger partial charge < -0.3 is 21.1 Å². The van der Waals surface area contributed by atoms with E-state index >= 15 is 0 Å². The molecule has 0 aliphatic heterocycles. The molecule has 0 aliphatic rings. The van der Waals surface area contributed by atoms with Crippen molar-refractivity contribution in [2.45, 2.75) is 231 Å². The minimum absolute atomic E-state index is 0.0869. The maximum absolute atomic E-state index is 12.7. The predicted octanol–water partition coefficient (Wildman–Crippen LogP) is 12.6. The number of carbonyl (C=O) groups excluding carboxylic acids is 1. The highest BCUT2D eigenvalue weighted by molar-refractivity contribution is 7.47. The largest absolute Gasteiger partial charge is 0.472 e. The van der Waals surface area contributed by atoms with Crippen molar-refractivity contribution in [3.8, 4) is 0 Å². The first-order valence-corrected chi connectivity index (χ1v) is 23.9. The zero-order valence-electron chi connectivity index (χ0n) is 34.8. The molecule has 0 aromatic heterocycles. The number of phosphoric ester groups is 1. The number of nitrogens with two attached hydrogens (primary N) is 1. The van der Waals surface area contributed by atoms with E-state index < -0.39 is 20.0 Å². The molecule has 0 saturated heterocycles. The quantitative estimate of drug-likeness (QED) is 0.0276. The molecule has 0 heterocycles. The number of aliphatic hydroxyl groups is 1. The molecule has 0 bridgehead atoms. The minimum Gasteiger partial charge on any atom is -0.391 e. The van der Waals surface area contributed by atoms with Crippen molar-refractivity contribution < 1.29 is 28.4 Å². The molecule has 0 rings (SSSR count). The number of amides is 1. The van der Waals surface area contributed by atoms with Gasteiger partial charge in [-0.15, -0.1) is 0 Å². The minimum atomic E-state index is -4.32. The molecule has 1 amide bonds. The number of phosphoric acid groups is 1. The van der Waals surface area contributed by atoms with Crippen LogP contribution in [0.1, 0.15) is 219 Å². The van der Waals surface area contributed by atoms with Crippen LogP contribution in [-0.2, 0) is 18.4 Å². The van der Waals surface area contributed by atoms with E-state index in [0.29, 0.717) is 12.8 Å².